The van der Waals surface area contributed by atoms with Crippen LogP contribution in [-0.2, 0) is 16.2 Å². The van der Waals surface area contributed by atoms with E-state index in [0.717, 1.165) is 22.5 Å². The van der Waals surface area contributed by atoms with Gasteiger partial charge in [-0.1, -0.05) is 29.8 Å². The van der Waals surface area contributed by atoms with Gasteiger partial charge in [-0.2, -0.15) is 22.7 Å². The molecule has 1 amide bonds. The van der Waals surface area contributed by atoms with Crippen molar-refractivity contribution in [3.63, 3.8) is 0 Å². The number of benzene rings is 2. The van der Waals surface area contributed by atoms with Crippen molar-refractivity contribution in [2.75, 3.05) is 45.2 Å². The first-order valence-corrected chi connectivity index (χ1v) is 13.5. The summed E-state index contributed by atoms with van der Waals surface area (Å²) in [5.41, 5.74) is 0.587. The van der Waals surface area contributed by atoms with Gasteiger partial charge in [0.2, 0.25) is 10.0 Å². The lowest BCUT2D eigenvalue weighted by molar-refractivity contribution is -0.139. The van der Waals surface area contributed by atoms with Crippen molar-refractivity contribution >= 4 is 33.3 Å². The molecule has 0 radical (unpaired) electrons. The molecule has 3 aromatic rings. The van der Waals surface area contributed by atoms with Gasteiger partial charge >= 0.3 is 6.18 Å². The fraction of sp³-hybridized carbons (Fsp3) is 0.269. The number of anilines is 1. The second-order valence-corrected chi connectivity index (χ2v) is 11.3. The fourth-order valence-electron chi connectivity index (χ4n) is 4.26. The van der Waals surface area contributed by atoms with E-state index in [0.29, 0.717) is 22.5 Å². The number of sulfonamides is 1. The summed E-state index contributed by atoms with van der Waals surface area (Å²) < 4.78 is 67.4. The molecule has 0 atom stereocenters. The number of rotatable bonds is 5. The lowest BCUT2D eigenvalue weighted by atomic mass is 10.0. The number of aromatic nitrogens is 1. The Morgan fingerprint density at radius 1 is 1.05 bits per heavy atom. The van der Waals surface area contributed by atoms with Crippen molar-refractivity contribution in [3.8, 4) is 17.2 Å². The molecule has 0 spiro atoms. The highest BCUT2D eigenvalue weighted by Crippen LogP contribution is 2.36. The molecule has 1 aliphatic rings. The zero-order chi connectivity index (χ0) is 28.5. The SMILES string of the molecule is CN(C)C(=O)c1ccc(-c2cnc(N3CCN(S(=O)(=O)c4ccccc4C(F)(F)F)CC3)c(C#N)c2)cc1Cl. The highest BCUT2D eigenvalue weighted by molar-refractivity contribution is 7.89. The standard InChI is InChI=1S/C26H23ClF3N5O3S/c1-33(2)25(36)20-8-7-17(14-22(20)27)19-13-18(15-31)24(32-16-19)34-9-11-35(12-10-34)39(37,38)23-6-4-3-5-21(23)26(28,29)30/h3-8,13-14,16H,9-12H2,1-2H3. The van der Waals surface area contributed by atoms with Gasteiger partial charge < -0.3 is 9.80 Å². The number of hydrogen-bond donors (Lipinski definition) is 0. The summed E-state index contributed by atoms with van der Waals surface area (Å²) in [4.78, 5) is 19.0. The molecule has 2 heterocycles. The van der Waals surface area contributed by atoms with E-state index in [1.54, 1.807) is 43.3 Å². The topological polar surface area (TPSA) is 97.6 Å². The monoisotopic (exact) mass is 577 g/mol. The molecular weight excluding hydrogens is 555 g/mol. The molecule has 13 heteroatoms. The fourth-order valence-corrected chi connectivity index (χ4v) is 6.16. The zero-order valence-electron chi connectivity index (χ0n) is 20.9. The number of carbonyl (C=O) groups excluding carboxylic acids is 1. The first-order chi connectivity index (χ1) is 18.3. The van der Waals surface area contributed by atoms with E-state index >= 15 is 0 Å². The third kappa shape index (κ3) is 5.71. The molecule has 8 nitrogen and oxygen atoms in total. The molecule has 0 N–H and O–H groups in total. The summed E-state index contributed by atoms with van der Waals surface area (Å²) in [7, 11) is -1.17. The van der Waals surface area contributed by atoms with Gasteiger partial charge in [0.1, 0.15) is 11.9 Å². The van der Waals surface area contributed by atoms with E-state index in [9.17, 15) is 31.6 Å². The van der Waals surface area contributed by atoms with Crippen molar-refractivity contribution in [3.05, 3.63) is 76.4 Å². The number of halogens is 4. The molecule has 1 aliphatic heterocycles. The number of alkyl halides is 3. The van der Waals surface area contributed by atoms with Crippen LogP contribution in [-0.4, -0.2) is 68.8 Å². The summed E-state index contributed by atoms with van der Waals surface area (Å²) in [6.07, 6.45) is -3.27. The number of pyridine rings is 1. The number of piperazine rings is 1. The maximum Gasteiger partial charge on any atom is 0.417 e. The molecule has 204 valence electrons. The zero-order valence-corrected chi connectivity index (χ0v) is 22.5. The van der Waals surface area contributed by atoms with Crippen molar-refractivity contribution in [1.29, 1.82) is 5.26 Å². The molecule has 0 saturated carbocycles. The molecule has 1 aromatic heterocycles. The quantitative estimate of drug-likeness (QED) is 0.443. The maximum atomic E-state index is 13.4. The molecule has 39 heavy (non-hydrogen) atoms. The number of hydrogen-bond acceptors (Lipinski definition) is 6. The first kappa shape index (κ1) is 28.4. The van der Waals surface area contributed by atoms with Crippen LogP contribution >= 0.6 is 11.6 Å². The lowest BCUT2D eigenvalue weighted by Crippen LogP contribution is -2.49. The number of amides is 1. The van der Waals surface area contributed by atoms with E-state index < -0.39 is 26.7 Å². The average molecular weight is 578 g/mol. The summed E-state index contributed by atoms with van der Waals surface area (Å²) in [5, 5.41) is 10.0. The van der Waals surface area contributed by atoms with Gasteiger partial charge in [0.05, 0.1) is 26.6 Å². The van der Waals surface area contributed by atoms with Crippen molar-refractivity contribution in [2.24, 2.45) is 0 Å². The first-order valence-electron chi connectivity index (χ1n) is 11.7. The van der Waals surface area contributed by atoms with Gasteiger partial charge in [-0.05, 0) is 35.9 Å². The Balaban J connectivity index is 1.54. The third-order valence-corrected chi connectivity index (χ3v) is 8.54. The largest absolute Gasteiger partial charge is 0.417 e. The van der Waals surface area contributed by atoms with E-state index in [4.69, 9.17) is 11.6 Å². The van der Waals surface area contributed by atoms with E-state index in [1.807, 2.05) is 0 Å². The third-order valence-electron chi connectivity index (χ3n) is 6.27. The molecular formula is C26H23ClF3N5O3S. The smallest absolute Gasteiger partial charge is 0.353 e. The highest BCUT2D eigenvalue weighted by atomic mass is 35.5. The Morgan fingerprint density at radius 2 is 1.72 bits per heavy atom. The number of nitrogens with zero attached hydrogens (tertiary/aromatic N) is 5. The second kappa shape index (κ2) is 10.8. The Bertz CT molecular complexity index is 1560. The van der Waals surface area contributed by atoms with Gasteiger partial charge in [-0.15, -0.1) is 0 Å². The Kier molecular flexibility index (Phi) is 7.88. The maximum absolute atomic E-state index is 13.4. The van der Waals surface area contributed by atoms with Gasteiger partial charge in [0.25, 0.3) is 5.91 Å². The Morgan fingerprint density at radius 3 is 2.31 bits per heavy atom. The summed E-state index contributed by atoms with van der Waals surface area (Å²) >= 11 is 6.32. The molecule has 1 saturated heterocycles. The summed E-state index contributed by atoms with van der Waals surface area (Å²) in [5.74, 6) is 0.0836. The Labute approximate surface area is 228 Å². The minimum absolute atomic E-state index is 0.0835. The lowest BCUT2D eigenvalue weighted by Gasteiger charge is -2.35. The van der Waals surface area contributed by atoms with Crippen LogP contribution in [0.2, 0.25) is 5.02 Å². The number of carbonyl (C=O) groups is 1. The van der Waals surface area contributed by atoms with E-state index in [1.165, 1.54) is 17.2 Å². The predicted molar refractivity (Wildman–Crippen MR) is 140 cm³/mol. The Hall–Kier alpha value is -3.66. The second-order valence-electron chi connectivity index (χ2n) is 8.99. The van der Waals surface area contributed by atoms with Crippen molar-refractivity contribution < 1.29 is 26.4 Å². The minimum atomic E-state index is -4.81. The van der Waals surface area contributed by atoms with Crippen LogP contribution in [0.5, 0.6) is 0 Å². The van der Waals surface area contributed by atoms with Crippen LogP contribution in [0.3, 0.4) is 0 Å². The van der Waals surface area contributed by atoms with Crippen LogP contribution in [0.25, 0.3) is 11.1 Å². The molecule has 1 fully saturated rings. The van der Waals surface area contributed by atoms with Crippen LogP contribution in [0.4, 0.5) is 19.0 Å². The van der Waals surface area contributed by atoms with Gasteiger partial charge in [0.15, 0.2) is 0 Å². The predicted octanol–water partition coefficient (Wildman–Crippen LogP) is 4.51. The van der Waals surface area contributed by atoms with Crippen molar-refractivity contribution in [1.82, 2.24) is 14.2 Å². The molecule has 0 unspecified atom stereocenters. The molecule has 0 bridgehead atoms. The molecule has 0 aliphatic carbocycles. The summed E-state index contributed by atoms with van der Waals surface area (Å²) in [6.45, 7) is 0.0861. The van der Waals surface area contributed by atoms with Gasteiger partial charge in [-0.25, -0.2) is 13.4 Å². The van der Waals surface area contributed by atoms with Gasteiger partial charge in [-0.3, -0.25) is 4.79 Å². The van der Waals surface area contributed by atoms with Gasteiger partial charge in [0, 0.05) is 52.0 Å². The number of nitriles is 1. The van der Waals surface area contributed by atoms with Crippen molar-refractivity contribution in [2.45, 2.75) is 11.1 Å². The van der Waals surface area contributed by atoms with E-state index in [-0.39, 0.29) is 42.7 Å². The molecule has 2 aromatic carbocycles. The summed E-state index contributed by atoms with van der Waals surface area (Å²) in [6, 6.07) is 12.7. The van der Waals surface area contributed by atoms with E-state index in [2.05, 4.69) is 11.1 Å². The van der Waals surface area contributed by atoms with Crippen LogP contribution in [0.1, 0.15) is 21.5 Å². The van der Waals surface area contributed by atoms with Crippen LogP contribution in [0.15, 0.2) is 59.6 Å². The average Bonchev–Trinajstić information content (AvgIpc) is 2.91. The molecule has 4 rings (SSSR count). The minimum Gasteiger partial charge on any atom is -0.353 e. The highest BCUT2D eigenvalue weighted by Gasteiger charge is 2.39. The normalized spacial score (nSPS) is 14.6. The van der Waals surface area contributed by atoms with Crippen LogP contribution < -0.4 is 4.90 Å². The van der Waals surface area contributed by atoms with Crippen LogP contribution in [0, 0.1) is 11.3 Å².